The Labute approximate surface area is 73.7 Å². The molecule has 0 N–H and O–H groups in total. The van der Waals surface area contributed by atoms with E-state index < -0.39 is 0 Å². The lowest BCUT2D eigenvalue weighted by Gasteiger charge is -2.33. The average Bonchev–Trinajstić information content (AvgIpc) is 1.96. The van der Waals surface area contributed by atoms with E-state index >= 15 is 0 Å². The van der Waals surface area contributed by atoms with Crippen LogP contribution in [-0.4, -0.2) is 37.1 Å². The van der Waals surface area contributed by atoms with E-state index in [1.165, 1.54) is 6.92 Å². The van der Waals surface area contributed by atoms with Gasteiger partial charge in [0.25, 0.3) is 0 Å². The van der Waals surface area contributed by atoms with E-state index in [2.05, 4.69) is 18.9 Å². The van der Waals surface area contributed by atoms with E-state index in [1.807, 2.05) is 0 Å². The monoisotopic (exact) mass is 171 g/mol. The van der Waals surface area contributed by atoms with Gasteiger partial charge in [-0.1, -0.05) is 6.92 Å². The summed E-state index contributed by atoms with van der Waals surface area (Å²) < 4.78 is 5.19. The Kier molecular flexibility index (Phi) is 3.09. The summed E-state index contributed by atoms with van der Waals surface area (Å²) in [6.07, 6.45) is 1.22. The van der Waals surface area contributed by atoms with Crippen molar-refractivity contribution in [3.63, 3.8) is 0 Å². The molecule has 0 saturated carbocycles. The molecule has 2 atom stereocenters. The Balaban J connectivity index is 2.43. The zero-order valence-corrected chi connectivity index (χ0v) is 8.04. The lowest BCUT2D eigenvalue weighted by molar-refractivity contribution is -0.151. The van der Waals surface area contributed by atoms with Crippen LogP contribution in [0.5, 0.6) is 0 Å². The highest BCUT2D eigenvalue weighted by Gasteiger charge is 2.26. The van der Waals surface area contributed by atoms with Gasteiger partial charge in [0.05, 0.1) is 0 Å². The van der Waals surface area contributed by atoms with Gasteiger partial charge < -0.3 is 9.64 Å². The Morgan fingerprint density at radius 1 is 1.58 bits per heavy atom. The van der Waals surface area contributed by atoms with Crippen LogP contribution in [0.25, 0.3) is 0 Å². The van der Waals surface area contributed by atoms with Crippen molar-refractivity contribution in [3.8, 4) is 0 Å². The highest BCUT2D eigenvalue weighted by molar-refractivity contribution is 5.66. The molecule has 1 aliphatic heterocycles. The van der Waals surface area contributed by atoms with Crippen molar-refractivity contribution >= 4 is 5.97 Å². The third kappa shape index (κ3) is 2.48. The van der Waals surface area contributed by atoms with Crippen LogP contribution in [0.2, 0.25) is 0 Å². The van der Waals surface area contributed by atoms with E-state index in [9.17, 15) is 4.79 Å². The van der Waals surface area contributed by atoms with Gasteiger partial charge in [-0.25, -0.2) is 0 Å². The second-order valence-corrected chi connectivity index (χ2v) is 3.68. The SMILES string of the molecule is CC(=O)OC1CN(C)CCC1C. The summed E-state index contributed by atoms with van der Waals surface area (Å²) in [5.41, 5.74) is 0. The van der Waals surface area contributed by atoms with Gasteiger partial charge in [0.1, 0.15) is 6.10 Å². The van der Waals surface area contributed by atoms with Gasteiger partial charge in [-0.05, 0) is 25.9 Å². The number of piperidine rings is 1. The summed E-state index contributed by atoms with van der Waals surface area (Å²) in [7, 11) is 2.06. The van der Waals surface area contributed by atoms with Crippen molar-refractivity contribution in [3.05, 3.63) is 0 Å². The van der Waals surface area contributed by atoms with E-state index in [1.54, 1.807) is 0 Å². The highest BCUT2D eigenvalue weighted by Crippen LogP contribution is 2.18. The Bertz CT molecular complexity index is 170. The fourth-order valence-corrected chi connectivity index (χ4v) is 1.55. The molecule has 0 spiro atoms. The van der Waals surface area contributed by atoms with Gasteiger partial charge in [-0.15, -0.1) is 0 Å². The van der Waals surface area contributed by atoms with Crippen molar-refractivity contribution in [1.82, 2.24) is 4.90 Å². The van der Waals surface area contributed by atoms with Gasteiger partial charge in [0.2, 0.25) is 0 Å². The molecule has 12 heavy (non-hydrogen) atoms. The molecule has 2 unspecified atom stereocenters. The molecule has 3 heteroatoms. The van der Waals surface area contributed by atoms with E-state index in [0.717, 1.165) is 19.5 Å². The first kappa shape index (κ1) is 9.52. The molecule has 1 rings (SSSR count). The summed E-state index contributed by atoms with van der Waals surface area (Å²) in [5.74, 6) is 0.340. The number of likely N-dealkylation sites (tertiary alicyclic amines) is 1. The highest BCUT2D eigenvalue weighted by atomic mass is 16.5. The Hall–Kier alpha value is -0.570. The van der Waals surface area contributed by atoms with Crippen LogP contribution in [0.4, 0.5) is 0 Å². The minimum atomic E-state index is -0.165. The van der Waals surface area contributed by atoms with E-state index in [-0.39, 0.29) is 12.1 Å². The number of ether oxygens (including phenoxy) is 1. The second kappa shape index (κ2) is 3.90. The molecule has 1 aliphatic rings. The molecule has 1 heterocycles. The van der Waals surface area contributed by atoms with Crippen LogP contribution >= 0.6 is 0 Å². The molecule has 70 valence electrons. The van der Waals surface area contributed by atoms with Crippen molar-refractivity contribution in [2.24, 2.45) is 5.92 Å². The predicted molar refractivity (Wildman–Crippen MR) is 46.8 cm³/mol. The minimum Gasteiger partial charge on any atom is -0.461 e. The van der Waals surface area contributed by atoms with Gasteiger partial charge >= 0.3 is 5.97 Å². The van der Waals surface area contributed by atoms with Crippen LogP contribution < -0.4 is 0 Å². The number of hydrogen-bond acceptors (Lipinski definition) is 3. The quantitative estimate of drug-likeness (QED) is 0.549. The summed E-state index contributed by atoms with van der Waals surface area (Å²) >= 11 is 0. The maximum Gasteiger partial charge on any atom is 0.302 e. The van der Waals surface area contributed by atoms with Crippen LogP contribution in [0.15, 0.2) is 0 Å². The standard InChI is InChI=1S/C9H17NO2/c1-7-4-5-10(3)6-9(7)12-8(2)11/h7,9H,4-6H2,1-3H3. The molecule has 0 aromatic rings. The number of nitrogens with zero attached hydrogens (tertiary/aromatic N) is 1. The molecule has 0 radical (unpaired) electrons. The van der Waals surface area contributed by atoms with E-state index in [0.29, 0.717) is 5.92 Å². The zero-order chi connectivity index (χ0) is 9.14. The number of rotatable bonds is 1. The van der Waals surface area contributed by atoms with E-state index in [4.69, 9.17) is 4.74 Å². The van der Waals surface area contributed by atoms with Crippen LogP contribution in [0.3, 0.4) is 0 Å². The molecule has 1 fully saturated rings. The fourth-order valence-electron chi connectivity index (χ4n) is 1.55. The van der Waals surface area contributed by atoms with Crippen molar-refractivity contribution in [2.75, 3.05) is 20.1 Å². The minimum absolute atomic E-state index is 0.0984. The molecule has 1 saturated heterocycles. The number of esters is 1. The Morgan fingerprint density at radius 3 is 2.83 bits per heavy atom. The molecule has 0 aromatic carbocycles. The average molecular weight is 171 g/mol. The second-order valence-electron chi connectivity index (χ2n) is 3.68. The maximum atomic E-state index is 10.7. The Morgan fingerprint density at radius 2 is 2.25 bits per heavy atom. The van der Waals surface area contributed by atoms with Crippen LogP contribution in [0, 0.1) is 5.92 Å². The number of likely N-dealkylation sites (N-methyl/N-ethyl adjacent to an activating group) is 1. The summed E-state index contributed by atoms with van der Waals surface area (Å²) in [6.45, 7) is 5.60. The summed E-state index contributed by atoms with van der Waals surface area (Å²) in [5, 5.41) is 0. The van der Waals surface area contributed by atoms with Gasteiger partial charge in [0, 0.05) is 13.5 Å². The topological polar surface area (TPSA) is 29.5 Å². The lowest BCUT2D eigenvalue weighted by atomic mass is 9.96. The molecule has 0 amide bonds. The molecule has 0 bridgehead atoms. The van der Waals surface area contributed by atoms with Crippen molar-refractivity contribution in [2.45, 2.75) is 26.4 Å². The number of carbonyl (C=O) groups excluding carboxylic acids is 1. The largest absolute Gasteiger partial charge is 0.461 e. The van der Waals surface area contributed by atoms with Gasteiger partial charge in [0.15, 0.2) is 0 Å². The van der Waals surface area contributed by atoms with Gasteiger partial charge in [-0.2, -0.15) is 0 Å². The predicted octanol–water partition coefficient (Wildman–Crippen LogP) is 0.890. The lowest BCUT2D eigenvalue weighted by Crippen LogP contribution is -2.42. The normalized spacial score (nSPS) is 31.6. The number of carbonyl (C=O) groups is 1. The molecule has 0 aromatic heterocycles. The van der Waals surface area contributed by atoms with Crippen LogP contribution in [0.1, 0.15) is 20.3 Å². The van der Waals surface area contributed by atoms with Crippen molar-refractivity contribution < 1.29 is 9.53 Å². The third-order valence-electron chi connectivity index (χ3n) is 2.41. The summed E-state index contributed by atoms with van der Waals surface area (Å²) in [4.78, 5) is 12.9. The number of hydrogen-bond donors (Lipinski definition) is 0. The first-order chi connectivity index (χ1) is 5.59. The van der Waals surface area contributed by atoms with Gasteiger partial charge in [-0.3, -0.25) is 4.79 Å². The van der Waals surface area contributed by atoms with Crippen LogP contribution in [-0.2, 0) is 9.53 Å². The molecule has 3 nitrogen and oxygen atoms in total. The first-order valence-corrected chi connectivity index (χ1v) is 4.45. The third-order valence-corrected chi connectivity index (χ3v) is 2.41. The maximum absolute atomic E-state index is 10.7. The molecule has 0 aliphatic carbocycles. The molecular weight excluding hydrogens is 154 g/mol. The summed E-state index contributed by atoms with van der Waals surface area (Å²) in [6, 6.07) is 0. The fraction of sp³-hybridized carbons (Fsp3) is 0.889. The smallest absolute Gasteiger partial charge is 0.302 e. The zero-order valence-electron chi connectivity index (χ0n) is 8.04. The molecular formula is C9H17NO2. The first-order valence-electron chi connectivity index (χ1n) is 4.45. The van der Waals surface area contributed by atoms with Crippen molar-refractivity contribution in [1.29, 1.82) is 0 Å².